The summed E-state index contributed by atoms with van der Waals surface area (Å²) in [5.74, 6) is -0.683. The predicted molar refractivity (Wildman–Crippen MR) is 109 cm³/mol. The molecule has 2 aromatic carbocycles. The summed E-state index contributed by atoms with van der Waals surface area (Å²) in [6, 6.07) is 15.0. The van der Waals surface area contributed by atoms with E-state index in [0.717, 1.165) is 5.56 Å². The van der Waals surface area contributed by atoms with Crippen molar-refractivity contribution < 1.29 is 9.18 Å². The summed E-state index contributed by atoms with van der Waals surface area (Å²) in [6.45, 7) is 1.97. The number of pyridine rings is 1. The van der Waals surface area contributed by atoms with Gasteiger partial charge in [0.15, 0.2) is 0 Å². The molecule has 0 aliphatic carbocycles. The maximum atomic E-state index is 13.8. The van der Waals surface area contributed by atoms with Crippen molar-refractivity contribution >= 4 is 29.2 Å². The highest BCUT2D eigenvalue weighted by Gasteiger charge is 2.11. The molecule has 5 nitrogen and oxygen atoms in total. The van der Waals surface area contributed by atoms with Crippen LogP contribution in [0.3, 0.4) is 0 Å². The summed E-state index contributed by atoms with van der Waals surface area (Å²) in [7, 11) is 0. The van der Waals surface area contributed by atoms with E-state index >= 15 is 0 Å². The minimum Gasteiger partial charge on any atom is -0.326 e. The van der Waals surface area contributed by atoms with Gasteiger partial charge in [-0.25, -0.2) is 9.38 Å². The number of carbonyl (C=O) groups is 1. The standard InChI is InChI=1S/C21H18ClFN4O/c1-14-5-6-16(11-19(14)23)20(28)27-21(25-13-15-7-9-24-10-8-15)26-18-4-2-3-17(22)12-18/h2-12H,13H2,1H3,(H2,25,26,27,28). The van der Waals surface area contributed by atoms with Crippen LogP contribution >= 0.6 is 11.6 Å². The van der Waals surface area contributed by atoms with E-state index in [9.17, 15) is 9.18 Å². The fraction of sp³-hybridized carbons (Fsp3) is 0.0952. The number of anilines is 1. The molecule has 1 amide bonds. The van der Waals surface area contributed by atoms with Gasteiger partial charge in [-0.05, 0) is 60.5 Å². The normalized spacial score (nSPS) is 11.2. The fourth-order valence-corrected chi connectivity index (χ4v) is 2.58. The number of carbonyl (C=O) groups excluding carboxylic acids is 1. The highest BCUT2D eigenvalue weighted by atomic mass is 35.5. The molecule has 7 heteroatoms. The molecule has 28 heavy (non-hydrogen) atoms. The summed E-state index contributed by atoms with van der Waals surface area (Å²) in [6.07, 6.45) is 3.34. The Morgan fingerprint density at radius 2 is 1.93 bits per heavy atom. The minimum absolute atomic E-state index is 0.201. The molecule has 0 spiro atoms. The maximum absolute atomic E-state index is 13.8. The van der Waals surface area contributed by atoms with E-state index in [1.54, 1.807) is 55.7 Å². The molecule has 142 valence electrons. The Morgan fingerprint density at radius 3 is 2.64 bits per heavy atom. The summed E-state index contributed by atoms with van der Waals surface area (Å²) < 4.78 is 13.8. The largest absolute Gasteiger partial charge is 0.326 e. The van der Waals surface area contributed by atoms with E-state index in [0.29, 0.717) is 22.8 Å². The van der Waals surface area contributed by atoms with Crippen LogP contribution in [0.2, 0.25) is 5.02 Å². The van der Waals surface area contributed by atoms with Gasteiger partial charge in [0.25, 0.3) is 5.91 Å². The van der Waals surface area contributed by atoms with Gasteiger partial charge in [-0.2, -0.15) is 0 Å². The SMILES string of the molecule is Cc1ccc(C(=O)NC(=NCc2ccncc2)Nc2cccc(Cl)c2)cc1F. The Hall–Kier alpha value is -3.25. The third-order valence-electron chi connectivity index (χ3n) is 3.92. The third-order valence-corrected chi connectivity index (χ3v) is 4.16. The van der Waals surface area contributed by atoms with Crippen LogP contribution in [0.1, 0.15) is 21.5 Å². The lowest BCUT2D eigenvalue weighted by molar-refractivity contribution is 0.0976. The molecule has 0 unspecified atom stereocenters. The zero-order chi connectivity index (χ0) is 19.9. The Morgan fingerprint density at radius 1 is 1.14 bits per heavy atom. The van der Waals surface area contributed by atoms with E-state index in [1.807, 2.05) is 12.1 Å². The quantitative estimate of drug-likeness (QED) is 0.501. The van der Waals surface area contributed by atoms with Gasteiger partial charge in [0, 0.05) is 28.7 Å². The lowest BCUT2D eigenvalue weighted by Crippen LogP contribution is -2.36. The van der Waals surface area contributed by atoms with Crippen LogP contribution in [0.25, 0.3) is 0 Å². The second-order valence-electron chi connectivity index (χ2n) is 6.07. The molecule has 0 aliphatic heterocycles. The molecule has 0 radical (unpaired) electrons. The highest BCUT2D eigenvalue weighted by molar-refractivity contribution is 6.31. The smallest absolute Gasteiger partial charge is 0.258 e. The number of hydrogen-bond donors (Lipinski definition) is 2. The Bertz CT molecular complexity index is 1010. The molecular weight excluding hydrogens is 379 g/mol. The molecule has 1 heterocycles. The van der Waals surface area contributed by atoms with Crippen LogP contribution < -0.4 is 10.6 Å². The van der Waals surface area contributed by atoms with Crippen LogP contribution in [0.5, 0.6) is 0 Å². The molecule has 3 aromatic rings. The molecule has 0 fully saturated rings. The van der Waals surface area contributed by atoms with Gasteiger partial charge in [0.2, 0.25) is 5.96 Å². The second kappa shape index (κ2) is 9.10. The van der Waals surface area contributed by atoms with Gasteiger partial charge in [-0.1, -0.05) is 23.7 Å². The van der Waals surface area contributed by atoms with Crippen molar-refractivity contribution in [3.8, 4) is 0 Å². The first kappa shape index (κ1) is 19.5. The Labute approximate surface area is 167 Å². The fourth-order valence-electron chi connectivity index (χ4n) is 2.39. The number of hydrogen-bond acceptors (Lipinski definition) is 3. The first-order valence-electron chi connectivity index (χ1n) is 8.55. The number of aliphatic imine (C=N–C) groups is 1. The third kappa shape index (κ3) is 5.37. The number of nitrogens with one attached hydrogen (secondary N) is 2. The van der Waals surface area contributed by atoms with E-state index in [4.69, 9.17) is 11.6 Å². The number of aryl methyl sites for hydroxylation is 1. The van der Waals surface area contributed by atoms with Crippen molar-refractivity contribution in [3.63, 3.8) is 0 Å². The first-order chi connectivity index (χ1) is 13.5. The van der Waals surface area contributed by atoms with Gasteiger partial charge < -0.3 is 5.32 Å². The zero-order valence-electron chi connectivity index (χ0n) is 15.1. The Kier molecular flexibility index (Phi) is 6.34. The van der Waals surface area contributed by atoms with Gasteiger partial charge in [0.1, 0.15) is 5.82 Å². The molecule has 0 atom stereocenters. The molecule has 3 rings (SSSR count). The number of guanidine groups is 1. The summed E-state index contributed by atoms with van der Waals surface area (Å²) in [4.78, 5) is 21.0. The second-order valence-corrected chi connectivity index (χ2v) is 6.51. The monoisotopic (exact) mass is 396 g/mol. The zero-order valence-corrected chi connectivity index (χ0v) is 15.9. The molecule has 0 aliphatic rings. The number of nitrogens with zero attached hydrogens (tertiary/aromatic N) is 2. The van der Waals surface area contributed by atoms with Crippen LogP contribution in [0.15, 0.2) is 72.0 Å². The van der Waals surface area contributed by atoms with Crippen LogP contribution in [0, 0.1) is 12.7 Å². The summed E-state index contributed by atoms with van der Waals surface area (Å²) >= 11 is 6.02. The van der Waals surface area contributed by atoms with Crippen molar-refractivity contribution in [2.75, 3.05) is 5.32 Å². The summed E-state index contributed by atoms with van der Waals surface area (Å²) in [5, 5.41) is 6.28. The molecule has 2 N–H and O–H groups in total. The summed E-state index contributed by atoms with van der Waals surface area (Å²) in [5.41, 5.74) is 2.26. The minimum atomic E-state index is -0.470. The number of halogens is 2. The maximum Gasteiger partial charge on any atom is 0.258 e. The molecule has 0 saturated heterocycles. The van der Waals surface area contributed by atoms with Crippen molar-refractivity contribution in [2.24, 2.45) is 4.99 Å². The lowest BCUT2D eigenvalue weighted by atomic mass is 10.1. The molecule has 1 aromatic heterocycles. The van der Waals surface area contributed by atoms with Crippen molar-refractivity contribution in [1.29, 1.82) is 0 Å². The van der Waals surface area contributed by atoms with Crippen LogP contribution in [0.4, 0.5) is 10.1 Å². The van der Waals surface area contributed by atoms with Gasteiger partial charge in [-0.15, -0.1) is 0 Å². The van der Waals surface area contributed by atoms with Gasteiger partial charge in [0.05, 0.1) is 6.54 Å². The topological polar surface area (TPSA) is 66.4 Å². The highest BCUT2D eigenvalue weighted by Crippen LogP contribution is 2.15. The van der Waals surface area contributed by atoms with Crippen LogP contribution in [-0.4, -0.2) is 16.9 Å². The predicted octanol–water partition coefficient (Wildman–Crippen LogP) is 4.58. The number of rotatable bonds is 4. The van der Waals surface area contributed by atoms with E-state index in [2.05, 4.69) is 20.6 Å². The molecule has 0 saturated carbocycles. The van der Waals surface area contributed by atoms with Gasteiger partial charge in [-0.3, -0.25) is 15.1 Å². The average Bonchev–Trinajstić information content (AvgIpc) is 2.69. The van der Waals surface area contributed by atoms with Gasteiger partial charge >= 0.3 is 0 Å². The Balaban J connectivity index is 1.82. The van der Waals surface area contributed by atoms with Crippen molar-refractivity contribution in [1.82, 2.24) is 10.3 Å². The first-order valence-corrected chi connectivity index (χ1v) is 8.92. The molecule has 0 bridgehead atoms. The number of amides is 1. The van der Waals surface area contributed by atoms with E-state index in [1.165, 1.54) is 6.07 Å². The van der Waals surface area contributed by atoms with E-state index < -0.39 is 11.7 Å². The van der Waals surface area contributed by atoms with Crippen molar-refractivity contribution in [3.05, 3.63) is 94.5 Å². The lowest BCUT2D eigenvalue weighted by Gasteiger charge is -2.12. The number of benzene rings is 2. The number of aromatic nitrogens is 1. The van der Waals surface area contributed by atoms with E-state index in [-0.39, 0.29) is 11.5 Å². The molecular formula is C21H18ClFN4O. The van der Waals surface area contributed by atoms with Crippen LogP contribution in [-0.2, 0) is 6.54 Å². The average molecular weight is 397 g/mol. The van der Waals surface area contributed by atoms with Crippen molar-refractivity contribution in [2.45, 2.75) is 13.5 Å².